The smallest absolute Gasteiger partial charge is 0.242 e. The van der Waals surface area contributed by atoms with E-state index >= 15 is 0 Å². The summed E-state index contributed by atoms with van der Waals surface area (Å²) in [5, 5.41) is 0.142. The molecule has 18 heavy (non-hydrogen) atoms. The fraction of sp³-hybridized carbons (Fsp3) is 0.400. The van der Waals surface area contributed by atoms with Crippen LogP contribution in [0.5, 0.6) is 0 Å². The van der Waals surface area contributed by atoms with Gasteiger partial charge in [-0.2, -0.15) is 0 Å². The van der Waals surface area contributed by atoms with Crippen molar-refractivity contribution in [2.24, 2.45) is 0 Å². The van der Waals surface area contributed by atoms with Gasteiger partial charge in [-0.25, -0.2) is 13.1 Å². The van der Waals surface area contributed by atoms with Gasteiger partial charge in [0, 0.05) is 18.7 Å². The first-order valence-corrected chi connectivity index (χ1v) is 7.56. The van der Waals surface area contributed by atoms with Gasteiger partial charge in [-0.05, 0) is 18.2 Å². The summed E-state index contributed by atoms with van der Waals surface area (Å²) in [5.41, 5.74) is 0. The minimum atomic E-state index is -3.69. The molecular formula is C10H13BrClNO4S. The third-order valence-electron chi connectivity index (χ3n) is 2.15. The Hall–Kier alpha value is -0.180. The normalized spacial score (nSPS) is 12.1. The lowest BCUT2D eigenvalue weighted by Gasteiger charge is -2.14. The Kier molecular flexibility index (Phi) is 6.03. The Labute approximate surface area is 120 Å². The average molecular weight is 359 g/mol. The molecule has 1 aromatic carbocycles. The van der Waals surface area contributed by atoms with Crippen molar-refractivity contribution in [3.05, 3.63) is 27.7 Å². The molecule has 0 fully saturated rings. The molecule has 0 unspecified atom stereocenters. The van der Waals surface area contributed by atoms with Gasteiger partial charge in [0.15, 0.2) is 6.29 Å². The van der Waals surface area contributed by atoms with E-state index in [1.165, 1.54) is 26.4 Å². The Bertz CT molecular complexity index is 505. The lowest BCUT2D eigenvalue weighted by Crippen LogP contribution is -2.34. The molecule has 0 aromatic heterocycles. The number of hydrogen-bond donors (Lipinski definition) is 1. The summed E-state index contributed by atoms with van der Waals surface area (Å²) in [4.78, 5) is 0.0123. The SMILES string of the molecule is COC(CNS(=O)(=O)c1ccc(Br)cc1Cl)OC. The van der Waals surface area contributed by atoms with Crippen molar-refractivity contribution in [1.82, 2.24) is 4.72 Å². The molecule has 0 saturated carbocycles. The highest BCUT2D eigenvalue weighted by Gasteiger charge is 2.19. The first-order chi connectivity index (χ1) is 8.40. The maximum Gasteiger partial charge on any atom is 0.242 e. The first kappa shape index (κ1) is 15.9. The molecular weight excluding hydrogens is 346 g/mol. The van der Waals surface area contributed by atoms with Gasteiger partial charge in [0.1, 0.15) is 4.90 Å². The van der Waals surface area contributed by atoms with Gasteiger partial charge in [-0.3, -0.25) is 0 Å². The van der Waals surface area contributed by atoms with Crippen LogP contribution in [0, 0.1) is 0 Å². The van der Waals surface area contributed by atoms with Gasteiger partial charge < -0.3 is 9.47 Å². The maximum absolute atomic E-state index is 12.0. The molecule has 8 heteroatoms. The van der Waals surface area contributed by atoms with Crippen molar-refractivity contribution in [2.75, 3.05) is 20.8 Å². The number of sulfonamides is 1. The predicted molar refractivity (Wildman–Crippen MR) is 72.1 cm³/mol. The van der Waals surface area contributed by atoms with Gasteiger partial charge in [-0.15, -0.1) is 0 Å². The van der Waals surface area contributed by atoms with E-state index < -0.39 is 16.3 Å². The molecule has 1 N–H and O–H groups in total. The minimum absolute atomic E-state index is 0.00171. The van der Waals surface area contributed by atoms with Crippen molar-refractivity contribution < 1.29 is 17.9 Å². The number of nitrogens with one attached hydrogen (secondary N) is 1. The number of methoxy groups -OCH3 is 2. The second kappa shape index (κ2) is 6.83. The molecule has 0 saturated heterocycles. The molecule has 0 heterocycles. The van der Waals surface area contributed by atoms with Crippen LogP contribution in [0.2, 0.25) is 5.02 Å². The van der Waals surface area contributed by atoms with E-state index in [4.69, 9.17) is 21.1 Å². The summed E-state index contributed by atoms with van der Waals surface area (Å²) in [5.74, 6) is 0. The van der Waals surface area contributed by atoms with Crippen molar-refractivity contribution in [3.63, 3.8) is 0 Å². The Balaban J connectivity index is 2.86. The zero-order chi connectivity index (χ0) is 13.8. The van der Waals surface area contributed by atoms with E-state index in [9.17, 15) is 8.42 Å². The van der Waals surface area contributed by atoms with Crippen LogP contribution in [0.4, 0.5) is 0 Å². The molecule has 0 bridgehead atoms. The van der Waals surface area contributed by atoms with Crippen LogP contribution in [0.25, 0.3) is 0 Å². The van der Waals surface area contributed by atoms with E-state index in [0.717, 1.165) is 0 Å². The van der Waals surface area contributed by atoms with Gasteiger partial charge >= 0.3 is 0 Å². The van der Waals surface area contributed by atoms with Crippen LogP contribution in [0.3, 0.4) is 0 Å². The highest BCUT2D eigenvalue weighted by molar-refractivity contribution is 9.10. The molecule has 0 aliphatic heterocycles. The topological polar surface area (TPSA) is 64.6 Å². The van der Waals surface area contributed by atoms with Gasteiger partial charge in [0.25, 0.3) is 0 Å². The molecule has 0 radical (unpaired) electrons. The number of benzene rings is 1. The van der Waals surface area contributed by atoms with E-state index in [2.05, 4.69) is 20.7 Å². The first-order valence-electron chi connectivity index (χ1n) is 4.91. The van der Waals surface area contributed by atoms with Gasteiger partial charge in [0.2, 0.25) is 10.0 Å². The second-order valence-corrected chi connectivity index (χ2v) is 6.39. The predicted octanol–water partition coefficient (Wildman–Crippen LogP) is 2.00. The summed E-state index contributed by atoms with van der Waals surface area (Å²) >= 11 is 9.09. The van der Waals surface area contributed by atoms with Crippen molar-refractivity contribution >= 4 is 37.6 Å². The van der Waals surface area contributed by atoms with Crippen LogP contribution in [0.1, 0.15) is 0 Å². The Morgan fingerprint density at radius 2 is 2.00 bits per heavy atom. The molecule has 1 rings (SSSR count). The number of rotatable bonds is 6. The number of halogens is 2. The van der Waals surface area contributed by atoms with Crippen LogP contribution in [-0.4, -0.2) is 35.5 Å². The van der Waals surface area contributed by atoms with Crippen molar-refractivity contribution in [1.29, 1.82) is 0 Å². The van der Waals surface area contributed by atoms with Crippen molar-refractivity contribution in [2.45, 2.75) is 11.2 Å². The van der Waals surface area contributed by atoms with Crippen LogP contribution >= 0.6 is 27.5 Å². The largest absolute Gasteiger partial charge is 0.355 e. The zero-order valence-electron chi connectivity index (χ0n) is 9.81. The maximum atomic E-state index is 12.0. The van der Waals surface area contributed by atoms with Crippen LogP contribution in [0.15, 0.2) is 27.6 Å². The van der Waals surface area contributed by atoms with Crippen molar-refractivity contribution in [3.8, 4) is 0 Å². The molecule has 0 aliphatic carbocycles. The highest BCUT2D eigenvalue weighted by atomic mass is 79.9. The molecule has 5 nitrogen and oxygen atoms in total. The minimum Gasteiger partial charge on any atom is -0.355 e. The fourth-order valence-electron chi connectivity index (χ4n) is 1.21. The summed E-state index contributed by atoms with van der Waals surface area (Å²) in [6.07, 6.45) is -0.644. The summed E-state index contributed by atoms with van der Waals surface area (Å²) in [7, 11) is -0.834. The number of hydrogen-bond acceptors (Lipinski definition) is 4. The third kappa shape index (κ3) is 4.18. The molecule has 0 aliphatic rings. The van der Waals surface area contributed by atoms with E-state index in [0.29, 0.717) is 4.47 Å². The summed E-state index contributed by atoms with van der Waals surface area (Å²) in [6.45, 7) is 0.00171. The molecule has 1 aromatic rings. The quantitative estimate of drug-likeness (QED) is 0.790. The molecule has 0 spiro atoms. The van der Waals surface area contributed by atoms with E-state index in [1.807, 2.05) is 0 Å². The lowest BCUT2D eigenvalue weighted by molar-refractivity contribution is -0.0960. The Morgan fingerprint density at radius 1 is 1.39 bits per heavy atom. The zero-order valence-corrected chi connectivity index (χ0v) is 13.0. The summed E-state index contributed by atoms with van der Waals surface area (Å²) in [6, 6.07) is 4.54. The highest BCUT2D eigenvalue weighted by Crippen LogP contribution is 2.24. The average Bonchev–Trinajstić information content (AvgIpc) is 2.29. The fourth-order valence-corrected chi connectivity index (χ4v) is 3.26. The second-order valence-electron chi connectivity index (χ2n) is 3.33. The number of ether oxygens (including phenoxy) is 2. The van der Waals surface area contributed by atoms with Gasteiger partial charge in [-0.1, -0.05) is 27.5 Å². The van der Waals surface area contributed by atoms with E-state index in [-0.39, 0.29) is 16.5 Å². The molecule has 102 valence electrons. The standard InChI is InChI=1S/C10H13BrClNO4S/c1-16-10(17-2)6-13-18(14,15)9-4-3-7(11)5-8(9)12/h3-5,10,13H,6H2,1-2H3. The lowest BCUT2D eigenvalue weighted by atomic mass is 10.4. The van der Waals surface area contributed by atoms with Crippen LogP contribution in [-0.2, 0) is 19.5 Å². The Morgan fingerprint density at radius 3 is 2.50 bits per heavy atom. The summed E-state index contributed by atoms with van der Waals surface area (Å²) < 4.78 is 36.8. The molecule has 0 amide bonds. The van der Waals surface area contributed by atoms with E-state index in [1.54, 1.807) is 6.07 Å². The monoisotopic (exact) mass is 357 g/mol. The molecule has 0 atom stereocenters. The third-order valence-corrected chi connectivity index (χ3v) is 4.55. The van der Waals surface area contributed by atoms with Gasteiger partial charge in [0.05, 0.1) is 11.6 Å². The van der Waals surface area contributed by atoms with Crippen LogP contribution < -0.4 is 4.72 Å².